The van der Waals surface area contributed by atoms with E-state index in [1.165, 1.54) is 21.9 Å². The summed E-state index contributed by atoms with van der Waals surface area (Å²) in [7, 11) is 0. The number of benzene rings is 3. The fourth-order valence-corrected chi connectivity index (χ4v) is 3.50. The Hall–Kier alpha value is -2.15. The molecule has 1 aliphatic rings. The van der Waals surface area contributed by atoms with Crippen LogP contribution in [-0.4, -0.2) is 0 Å². The molecule has 3 aromatic carbocycles. The molecular weight excluding hydrogens is 247 g/mol. The fraction of sp³-hybridized carbons (Fsp3) is 0.158. The van der Waals surface area contributed by atoms with E-state index in [1.54, 1.807) is 12.1 Å². The molecule has 0 radical (unpaired) electrons. The van der Waals surface area contributed by atoms with Crippen molar-refractivity contribution in [2.75, 3.05) is 0 Å². The molecule has 0 saturated heterocycles. The van der Waals surface area contributed by atoms with E-state index >= 15 is 0 Å². The smallest absolute Gasteiger partial charge is 0.127 e. The zero-order valence-electron chi connectivity index (χ0n) is 11.6. The van der Waals surface area contributed by atoms with Gasteiger partial charge in [-0.05, 0) is 45.7 Å². The molecule has 1 aliphatic carbocycles. The van der Waals surface area contributed by atoms with Crippen LogP contribution in [-0.2, 0) is 5.41 Å². The minimum Gasteiger partial charge on any atom is -0.207 e. The summed E-state index contributed by atoms with van der Waals surface area (Å²) in [6, 6.07) is 18.1. The van der Waals surface area contributed by atoms with Crippen LogP contribution >= 0.6 is 0 Å². The van der Waals surface area contributed by atoms with Gasteiger partial charge in [0, 0.05) is 11.0 Å². The van der Waals surface area contributed by atoms with E-state index in [0.29, 0.717) is 0 Å². The van der Waals surface area contributed by atoms with Gasteiger partial charge in [-0.2, -0.15) is 0 Å². The third-order valence-corrected chi connectivity index (χ3v) is 4.49. The predicted molar refractivity (Wildman–Crippen MR) is 81.5 cm³/mol. The predicted octanol–water partition coefficient (Wildman–Crippen LogP) is 5.29. The van der Waals surface area contributed by atoms with Crippen molar-refractivity contribution in [1.82, 2.24) is 0 Å². The van der Waals surface area contributed by atoms with E-state index in [0.717, 1.165) is 11.1 Å². The van der Waals surface area contributed by atoms with Crippen LogP contribution in [0.4, 0.5) is 4.39 Å². The summed E-state index contributed by atoms with van der Waals surface area (Å²) < 4.78 is 14.3. The van der Waals surface area contributed by atoms with Crippen molar-refractivity contribution in [3.63, 3.8) is 0 Å². The quantitative estimate of drug-likeness (QED) is 0.516. The normalized spacial score (nSPS) is 15.2. The van der Waals surface area contributed by atoms with E-state index in [1.807, 2.05) is 18.2 Å². The SMILES string of the molecule is CC1(C)c2cc3ccccc3cc2-c2cccc(F)c21. The van der Waals surface area contributed by atoms with Crippen LogP contribution in [0.3, 0.4) is 0 Å². The van der Waals surface area contributed by atoms with Crippen LogP contribution < -0.4 is 0 Å². The first kappa shape index (κ1) is 11.7. The third-order valence-electron chi connectivity index (χ3n) is 4.49. The first-order chi connectivity index (χ1) is 9.59. The first-order valence-corrected chi connectivity index (χ1v) is 6.92. The molecule has 0 aromatic heterocycles. The summed E-state index contributed by atoms with van der Waals surface area (Å²) in [5, 5.41) is 2.42. The topological polar surface area (TPSA) is 0 Å². The lowest BCUT2D eigenvalue weighted by Crippen LogP contribution is -2.16. The van der Waals surface area contributed by atoms with Crippen molar-refractivity contribution in [3.8, 4) is 11.1 Å². The molecule has 0 spiro atoms. The highest BCUT2D eigenvalue weighted by atomic mass is 19.1. The number of halogens is 1. The van der Waals surface area contributed by atoms with Gasteiger partial charge < -0.3 is 0 Å². The van der Waals surface area contributed by atoms with Crippen molar-refractivity contribution in [2.24, 2.45) is 0 Å². The summed E-state index contributed by atoms with van der Waals surface area (Å²) in [6.07, 6.45) is 0. The molecule has 20 heavy (non-hydrogen) atoms. The number of fused-ring (bicyclic) bond motifs is 4. The molecule has 0 unspecified atom stereocenters. The molecular formula is C19H15F. The van der Waals surface area contributed by atoms with Crippen molar-refractivity contribution < 1.29 is 4.39 Å². The Kier molecular flexibility index (Phi) is 2.15. The van der Waals surface area contributed by atoms with E-state index in [9.17, 15) is 4.39 Å². The molecule has 0 fully saturated rings. The summed E-state index contributed by atoms with van der Waals surface area (Å²) >= 11 is 0. The number of rotatable bonds is 0. The summed E-state index contributed by atoms with van der Waals surface area (Å²) in [4.78, 5) is 0. The maximum atomic E-state index is 14.3. The molecule has 0 aliphatic heterocycles. The molecule has 4 rings (SSSR count). The van der Waals surface area contributed by atoms with E-state index in [2.05, 4.69) is 38.1 Å². The van der Waals surface area contributed by atoms with Crippen LogP contribution in [0.2, 0.25) is 0 Å². The first-order valence-electron chi connectivity index (χ1n) is 6.92. The Morgan fingerprint density at radius 3 is 2.25 bits per heavy atom. The van der Waals surface area contributed by atoms with Gasteiger partial charge in [-0.15, -0.1) is 0 Å². The molecule has 0 bridgehead atoms. The van der Waals surface area contributed by atoms with Gasteiger partial charge >= 0.3 is 0 Å². The molecule has 0 atom stereocenters. The maximum Gasteiger partial charge on any atom is 0.127 e. The molecule has 0 nitrogen and oxygen atoms in total. The number of hydrogen-bond donors (Lipinski definition) is 0. The summed E-state index contributed by atoms with van der Waals surface area (Å²) in [5.41, 5.74) is 3.97. The highest BCUT2D eigenvalue weighted by molar-refractivity contribution is 5.93. The number of hydrogen-bond acceptors (Lipinski definition) is 0. The summed E-state index contributed by atoms with van der Waals surface area (Å²) in [6.45, 7) is 4.21. The Labute approximate surface area is 117 Å². The minimum atomic E-state index is -0.278. The third kappa shape index (κ3) is 1.35. The van der Waals surface area contributed by atoms with Gasteiger partial charge in [-0.3, -0.25) is 0 Å². The van der Waals surface area contributed by atoms with Gasteiger partial charge in [0.1, 0.15) is 5.82 Å². The lowest BCUT2D eigenvalue weighted by atomic mass is 9.81. The average molecular weight is 262 g/mol. The Balaban J connectivity index is 2.16. The summed E-state index contributed by atoms with van der Waals surface area (Å²) in [5.74, 6) is -0.104. The van der Waals surface area contributed by atoms with Gasteiger partial charge in [0.2, 0.25) is 0 Å². The Morgan fingerprint density at radius 1 is 0.800 bits per heavy atom. The van der Waals surface area contributed by atoms with Crippen molar-refractivity contribution >= 4 is 10.8 Å². The zero-order valence-corrected chi connectivity index (χ0v) is 11.6. The molecule has 1 heteroatoms. The molecule has 3 aromatic rings. The van der Waals surface area contributed by atoms with Gasteiger partial charge in [0.15, 0.2) is 0 Å². The van der Waals surface area contributed by atoms with Crippen LogP contribution in [0, 0.1) is 5.82 Å². The molecule has 0 N–H and O–H groups in total. The van der Waals surface area contributed by atoms with Gasteiger partial charge in [-0.25, -0.2) is 4.39 Å². The Bertz CT molecular complexity index is 844. The lowest BCUT2D eigenvalue weighted by Gasteiger charge is -2.22. The van der Waals surface area contributed by atoms with E-state index in [4.69, 9.17) is 0 Å². The highest BCUT2D eigenvalue weighted by Gasteiger charge is 2.37. The standard InChI is InChI=1S/C19H15F/c1-19(2)16-11-13-7-4-3-6-12(13)10-15(16)14-8-5-9-17(20)18(14)19/h3-11H,1-2H3. The largest absolute Gasteiger partial charge is 0.207 e. The van der Waals surface area contributed by atoms with E-state index < -0.39 is 0 Å². The van der Waals surface area contributed by atoms with Gasteiger partial charge in [-0.1, -0.05) is 50.2 Å². The molecule has 0 amide bonds. The fourth-order valence-electron chi connectivity index (χ4n) is 3.50. The van der Waals surface area contributed by atoms with Crippen LogP contribution in [0.15, 0.2) is 54.6 Å². The second-order valence-corrected chi connectivity index (χ2v) is 6.03. The molecule has 0 saturated carbocycles. The zero-order chi connectivity index (χ0) is 13.9. The van der Waals surface area contributed by atoms with Gasteiger partial charge in [0.05, 0.1) is 0 Å². The molecule has 98 valence electrons. The van der Waals surface area contributed by atoms with E-state index in [-0.39, 0.29) is 11.2 Å². The average Bonchev–Trinajstić information content (AvgIpc) is 2.66. The van der Waals surface area contributed by atoms with Crippen LogP contribution in [0.25, 0.3) is 21.9 Å². The maximum absolute atomic E-state index is 14.3. The van der Waals surface area contributed by atoms with Crippen molar-refractivity contribution in [3.05, 3.63) is 71.5 Å². The second-order valence-electron chi connectivity index (χ2n) is 6.03. The molecule has 0 heterocycles. The second kappa shape index (κ2) is 3.69. The van der Waals surface area contributed by atoms with Crippen LogP contribution in [0.1, 0.15) is 25.0 Å². The minimum absolute atomic E-state index is 0.104. The van der Waals surface area contributed by atoms with Crippen LogP contribution in [0.5, 0.6) is 0 Å². The van der Waals surface area contributed by atoms with Crippen molar-refractivity contribution in [1.29, 1.82) is 0 Å². The lowest BCUT2D eigenvalue weighted by molar-refractivity contribution is 0.559. The van der Waals surface area contributed by atoms with Crippen molar-refractivity contribution in [2.45, 2.75) is 19.3 Å². The Morgan fingerprint density at radius 2 is 1.50 bits per heavy atom. The monoisotopic (exact) mass is 262 g/mol. The van der Waals surface area contributed by atoms with Gasteiger partial charge in [0.25, 0.3) is 0 Å². The highest BCUT2D eigenvalue weighted by Crippen LogP contribution is 2.50.